The highest BCUT2D eigenvalue weighted by Gasteiger charge is 2.17. The smallest absolute Gasteiger partial charge is 0.117 e. The van der Waals surface area contributed by atoms with Crippen LogP contribution in [0.4, 0.5) is 0 Å². The summed E-state index contributed by atoms with van der Waals surface area (Å²) in [6.07, 6.45) is 15.7. The molecular weight excluding hydrogens is 567 g/mol. The Hall–Kier alpha value is -4.82. The van der Waals surface area contributed by atoms with Crippen molar-refractivity contribution in [3.63, 3.8) is 0 Å². The fourth-order valence-corrected chi connectivity index (χ4v) is 6.97. The van der Waals surface area contributed by atoms with E-state index < -0.39 is 0 Å². The van der Waals surface area contributed by atoms with Gasteiger partial charge in [-0.3, -0.25) is 0 Å². The van der Waals surface area contributed by atoms with Crippen LogP contribution in [-0.2, 0) is 0 Å². The first-order valence-electron chi connectivity index (χ1n) is 14.1. The minimum absolute atomic E-state index is 0.166. The molecule has 0 amide bonds. The molecule has 2 N–H and O–H groups in total. The van der Waals surface area contributed by atoms with Crippen LogP contribution in [0.15, 0.2) is 96.8 Å². The molecule has 4 aromatic heterocycles. The standard InChI is InChI=1S/C36H35N5S2/c1-6-10-27(9-4)40-29(21-25(5)23-37)13-15-31(40)33-17-19-35(42-33)36-20-18-34(43-36)32-16-14-30(22-26(39)24-38)41(32)28(11-7-2)12-8-3/h7,9-22H,4,6,8,39H2,1-3,5H3/b11-7-,25-21-,26-22+,27-10+,28-12+. The van der Waals surface area contributed by atoms with E-state index in [0.29, 0.717) is 5.57 Å². The maximum Gasteiger partial charge on any atom is 0.117 e. The van der Waals surface area contributed by atoms with E-state index in [9.17, 15) is 10.5 Å². The third-order valence-electron chi connectivity index (χ3n) is 6.64. The zero-order chi connectivity index (χ0) is 30.9. The van der Waals surface area contributed by atoms with Crippen LogP contribution in [0.2, 0.25) is 0 Å². The van der Waals surface area contributed by atoms with Crippen molar-refractivity contribution in [3.05, 3.63) is 108 Å². The summed E-state index contributed by atoms with van der Waals surface area (Å²) >= 11 is 3.47. The first kappa shape index (κ1) is 31.1. The second-order valence-corrected chi connectivity index (χ2v) is 11.9. The van der Waals surface area contributed by atoms with Gasteiger partial charge < -0.3 is 14.9 Å². The summed E-state index contributed by atoms with van der Waals surface area (Å²) in [6, 6.07) is 21.2. The number of thiophene rings is 2. The van der Waals surface area contributed by atoms with Crippen LogP contribution in [-0.4, -0.2) is 9.13 Å². The molecule has 0 bridgehead atoms. The van der Waals surface area contributed by atoms with Crippen molar-refractivity contribution in [3.8, 4) is 43.0 Å². The van der Waals surface area contributed by atoms with Gasteiger partial charge in [0, 0.05) is 38.1 Å². The van der Waals surface area contributed by atoms with Crippen LogP contribution in [0.5, 0.6) is 0 Å². The highest BCUT2D eigenvalue weighted by Crippen LogP contribution is 2.42. The van der Waals surface area contributed by atoms with E-state index in [2.05, 4.69) is 96.3 Å². The van der Waals surface area contributed by atoms with E-state index in [1.54, 1.807) is 28.7 Å². The van der Waals surface area contributed by atoms with E-state index in [1.807, 2.05) is 44.2 Å². The maximum atomic E-state index is 9.39. The van der Waals surface area contributed by atoms with Crippen LogP contribution in [0.1, 0.15) is 51.9 Å². The molecular formula is C36H35N5S2. The van der Waals surface area contributed by atoms with Gasteiger partial charge in [-0.2, -0.15) is 10.5 Å². The Labute approximate surface area is 262 Å². The zero-order valence-corrected chi connectivity index (χ0v) is 26.6. The molecule has 0 aromatic carbocycles. The number of allylic oxidation sites excluding steroid dienone is 9. The molecule has 216 valence electrons. The first-order chi connectivity index (χ1) is 20.9. The second-order valence-electron chi connectivity index (χ2n) is 9.71. The summed E-state index contributed by atoms with van der Waals surface area (Å²) in [4.78, 5) is 4.60. The Morgan fingerprint density at radius 1 is 0.791 bits per heavy atom. The molecule has 0 aliphatic heterocycles. The minimum atomic E-state index is 0.166. The Kier molecular flexibility index (Phi) is 10.4. The van der Waals surface area contributed by atoms with Crippen LogP contribution in [0.3, 0.4) is 0 Å². The fraction of sp³-hybridized carbons (Fsp3) is 0.167. The van der Waals surface area contributed by atoms with Crippen molar-refractivity contribution in [1.29, 1.82) is 10.5 Å². The average Bonchev–Trinajstić information content (AvgIpc) is 3.81. The number of nitriles is 2. The van der Waals surface area contributed by atoms with Gasteiger partial charge in [0.25, 0.3) is 0 Å². The van der Waals surface area contributed by atoms with Gasteiger partial charge in [-0.25, -0.2) is 0 Å². The minimum Gasteiger partial charge on any atom is -0.390 e. The van der Waals surface area contributed by atoms with Gasteiger partial charge >= 0.3 is 0 Å². The van der Waals surface area contributed by atoms with Gasteiger partial charge in [-0.15, -0.1) is 22.7 Å². The lowest BCUT2D eigenvalue weighted by atomic mass is 10.2. The lowest BCUT2D eigenvalue weighted by Gasteiger charge is -2.13. The summed E-state index contributed by atoms with van der Waals surface area (Å²) in [5.74, 6) is 0. The lowest BCUT2D eigenvalue weighted by molar-refractivity contribution is 1.09. The molecule has 0 spiro atoms. The van der Waals surface area contributed by atoms with Crippen molar-refractivity contribution in [2.75, 3.05) is 0 Å². The predicted molar refractivity (Wildman–Crippen MR) is 186 cm³/mol. The molecule has 4 aromatic rings. The molecule has 0 saturated heterocycles. The molecule has 4 rings (SSSR count). The average molecular weight is 602 g/mol. The number of hydrogen-bond donors (Lipinski definition) is 1. The molecule has 0 radical (unpaired) electrons. The number of rotatable bonds is 11. The SMILES string of the molecule is C=C/C(=C\CC)n1c(/C=C(/C)C#N)ccc1-c1ccc(-c2ccc(-c3ccc(/C=C(/N)C#N)n3C(/C=C\C)=C/CC)s2)s1. The molecule has 0 saturated carbocycles. The summed E-state index contributed by atoms with van der Waals surface area (Å²) in [7, 11) is 0. The molecule has 7 heteroatoms. The Balaban J connectivity index is 1.79. The molecule has 0 fully saturated rings. The number of hydrogen-bond acceptors (Lipinski definition) is 5. The molecule has 0 aliphatic rings. The summed E-state index contributed by atoms with van der Waals surface area (Å²) in [5, 5.41) is 18.7. The zero-order valence-electron chi connectivity index (χ0n) is 25.0. The second kappa shape index (κ2) is 14.4. The largest absolute Gasteiger partial charge is 0.390 e. The van der Waals surface area contributed by atoms with Crippen molar-refractivity contribution >= 4 is 46.2 Å². The fourth-order valence-electron chi connectivity index (χ4n) is 4.84. The molecule has 0 aliphatic carbocycles. The molecule has 0 atom stereocenters. The molecule has 0 unspecified atom stereocenters. The quantitative estimate of drug-likeness (QED) is 0.137. The predicted octanol–water partition coefficient (Wildman–Crippen LogP) is 10.4. The first-order valence-corrected chi connectivity index (χ1v) is 15.8. The van der Waals surface area contributed by atoms with Gasteiger partial charge in [0.2, 0.25) is 0 Å². The van der Waals surface area contributed by atoms with Crippen LogP contribution < -0.4 is 5.73 Å². The van der Waals surface area contributed by atoms with Crippen molar-refractivity contribution in [2.45, 2.75) is 40.5 Å². The molecule has 4 heterocycles. The van der Waals surface area contributed by atoms with E-state index in [1.165, 1.54) is 9.75 Å². The van der Waals surface area contributed by atoms with E-state index in [0.717, 1.165) is 56.8 Å². The van der Waals surface area contributed by atoms with Gasteiger partial charge in [-0.1, -0.05) is 38.7 Å². The highest BCUT2D eigenvalue weighted by molar-refractivity contribution is 7.25. The lowest BCUT2D eigenvalue weighted by Crippen LogP contribution is -2.01. The third kappa shape index (κ3) is 6.81. The van der Waals surface area contributed by atoms with Gasteiger partial charge in [0.05, 0.1) is 27.2 Å². The third-order valence-corrected chi connectivity index (χ3v) is 9.06. The van der Waals surface area contributed by atoms with Crippen LogP contribution in [0.25, 0.3) is 54.4 Å². The topological polar surface area (TPSA) is 83.5 Å². The highest BCUT2D eigenvalue weighted by atomic mass is 32.1. The van der Waals surface area contributed by atoms with Crippen molar-refractivity contribution < 1.29 is 0 Å². The Morgan fingerprint density at radius 3 is 1.79 bits per heavy atom. The van der Waals surface area contributed by atoms with E-state index in [-0.39, 0.29) is 5.70 Å². The van der Waals surface area contributed by atoms with Crippen LogP contribution in [0, 0.1) is 22.7 Å². The summed E-state index contributed by atoms with van der Waals surface area (Å²) < 4.78 is 4.33. The van der Waals surface area contributed by atoms with Crippen molar-refractivity contribution in [2.24, 2.45) is 5.73 Å². The Morgan fingerprint density at radius 2 is 1.30 bits per heavy atom. The van der Waals surface area contributed by atoms with E-state index >= 15 is 0 Å². The van der Waals surface area contributed by atoms with Crippen molar-refractivity contribution in [1.82, 2.24) is 9.13 Å². The van der Waals surface area contributed by atoms with Crippen LogP contribution >= 0.6 is 22.7 Å². The monoisotopic (exact) mass is 601 g/mol. The number of nitrogens with two attached hydrogens (primary N) is 1. The maximum absolute atomic E-state index is 9.39. The van der Waals surface area contributed by atoms with Gasteiger partial charge in [-0.05, 0) is 99.5 Å². The number of aromatic nitrogens is 2. The van der Waals surface area contributed by atoms with E-state index in [4.69, 9.17) is 5.73 Å². The summed E-state index contributed by atoms with van der Waals surface area (Å²) in [5.41, 5.74) is 12.7. The molecule has 43 heavy (non-hydrogen) atoms. The number of nitrogens with zero attached hydrogens (tertiary/aromatic N) is 4. The normalized spacial score (nSPS) is 13.0. The molecule has 5 nitrogen and oxygen atoms in total. The van der Waals surface area contributed by atoms with Gasteiger partial charge in [0.15, 0.2) is 0 Å². The van der Waals surface area contributed by atoms with Gasteiger partial charge in [0.1, 0.15) is 11.8 Å². The summed E-state index contributed by atoms with van der Waals surface area (Å²) in [6.45, 7) is 12.1. The Bertz CT molecular complexity index is 1860.